The minimum Gasteiger partial charge on any atom is -0.480 e. The zero-order valence-corrected chi connectivity index (χ0v) is 12.7. The van der Waals surface area contributed by atoms with Crippen molar-refractivity contribution in [2.24, 2.45) is 0 Å². The van der Waals surface area contributed by atoms with Crippen LogP contribution in [0, 0.1) is 0 Å². The Morgan fingerprint density at radius 2 is 2.05 bits per heavy atom. The summed E-state index contributed by atoms with van der Waals surface area (Å²) in [7, 11) is -2.25. The SMILES string of the molecule is CC1OCCC1N(C)S(=O)(=O)N1CCCCC1C(=O)O. The number of nitrogens with zero attached hydrogens (tertiary/aromatic N) is 2. The van der Waals surface area contributed by atoms with Gasteiger partial charge >= 0.3 is 5.97 Å². The summed E-state index contributed by atoms with van der Waals surface area (Å²) in [4.78, 5) is 11.3. The monoisotopic (exact) mass is 306 g/mol. The number of likely N-dealkylation sites (N-methyl/N-ethyl adjacent to an activating group) is 1. The first-order chi connectivity index (χ1) is 9.35. The molecule has 0 aromatic heterocycles. The molecular formula is C12H22N2O5S. The van der Waals surface area contributed by atoms with Gasteiger partial charge in [0.05, 0.1) is 12.1 Å². The molecule has 0 saturated carbocycles. The maximum Gasteiger partial charge on any atom is 0.322 e. The molecule has 3 unspecified atom stereocenters. The average Bonchev–Trinajstić information content (AvgIpc) is 2.83. The molecule has 116 valence electrons. The van der Waals surface area contributed by atoms with Crippen molar-refractivity contribution in [1.29, 1.82) is 0 Å². The fourth-order valence-electron chi connectivity index (χ4n) is 2.96. The molecule has 0 amide bonds. The fraction of sp³-hybridized carbons (Fsp3) is 0.917. The summed E-state index contributed by atoms with van der Waals surface area (Å²) >= 11 is 0. The highest BCUT2D eigenvalue weighted by molar-refractivity contribution is 7.86. The van der Waals surface area contributed by atoms with Gasteiger partial charge < -0.3 is 9.84 Å². The first-order valence-corrected chi connectivity index (χ1v) is 8.34. The summed E-state index contributed by atoms with van der Waals surface area (Å²) in [5.41, 5.74) is 0. The molecule has 2 fully saturated rings. The number of ether oxygens (including phenoxy) is 1. The van der Waals surface area contributed by atoms with Gasteiger partial charge in [0, 0.05) is 20.2 Å². The molecule has 0 radical (unpaired) electrons. The zero-order chi connectivity index (χ0) is 14.9. The second-order valence-electron chi connectivity index (χ2n) is 5.42. The highest BCUT2D eigenvalue weighted by Gasteiger charge is 2.43. The van der Waals surface area contributed by atoms with Crippen molar-refractivity contribution in [3.63, 3.8) is 0 Å². The Kier molecular flexibility index (Phi) is 4.68. The summed E-state index contributed by atoms with van der Waals surface area (Å²) in [6.45, 7) is 2.65. The van der Waals surface area contributed by atoms with Crippen LogP contribution in [0.2, 0.25) is 0 Å². The van der Waals surface area contributed by atoms with Crippen LogP contribution in [0.3, 0.4) is 0 Å². The highest BCUT2D eigenvalue weighted by Crippen LogP contribution is 2.27. The predicted octanol–water partition coefficient (Wildman–Crippen LogP) is 0.280. The predicted molar refractivity (Wildman–Crippen MR) is 72.5 cm³/mol. The van der Waals surface area contributed by atoms with Crippen LogP contribution >= 0.6 is 0 Å². The molecule has 0 aliphatic carbocycles. The number of carboxylic acids is 1. The number of piperidine rings is 1. The normalized spacial score (nSPS) is 32.6. The van der Waals surface area contributed by atoms with Crippen molar-refractivity contribution in [3.8, 4) is 0 Å². The summed E-state index contributed by atoms with van der Waals surface area (Å²) in [5.74, 6) is -1.07. The third-order valence-corrected chi connectivity index (χ3v) is 6.23. The lowest BCUT2D eigenvalue weighted by Crippen LogP contribution is -2.55. The third kappa shape index (κ3) is 2.83. The van der Waals surface area contributed by atoms with Crippen molar-refractivity contribution >= 4 is 16.2 Å². The molecule has 7 nitrogen and oxygen atoms in total. The standard InChI is InChI=1S/C12H22N2O5S/c1-9-10(6-8-19-9)13(2)20(17,18)14-7-4-3-5-11(14)12(15)16/h9-11H,3-8H2,1-2H3,(H,15,16). The van der Waals surface area contributed by atoms with Crippen LogP contribution in [0.25, 0.3) is 0 Å². The van der Waals surface area contributed by atoms with E-state index in [4.69, 9.17) is 4.74 Å². The molecule has 2 saturated heterocycles. The highest BCUT2D eigenvalue weighted by atomic mass is 32.2. The Morgan fingerprint density at radius 3 is 2.60 bits per heavy atom. The van der Waals surface area contributed by atoms with Crippen LogP contribution in [0.1, 0.15) is 32.6 Å². The molecule has 2 heterocycles. The van der Waals surface area contributed by atoms with Gasteiger partial charge in [-0.3, -0.25) is 4.79 Å². The Bertz CT molecular complexity index is 466. The molecular weight excluding hydrogens is 284 g/mol. The lowest BCUT2D eigenvalue weighted by Gasteiger charge is -2.37. The first kappa shape index (κ1) is 15.7. The number of carbonyl (C=O) groups is 1. The molecule has 8 heteroatoms. The van der Waals surface area contributed by atoms with Gasteiger partial charge in [-0.2, -0.15) is 17.0 Å². The number of aliphatic carboxylic acids is 1. The maximum atomic E-state index is 12.7. The van der Waals surface area contributed by atoms with Crippen molar-refractivity contribution in [2.45, 2.75) is 50.8 Å². The lowest BCUT2D eigenvalue weighted by atomic mass is 10.1. The number of rotatable bonds is 4. The van der Waals surface area contributed by atoms with Gasteiger partial charge in [-0.05, 0) is 32.6 Å². The van der Waals surface area contributed by atoms with Crippen LogP contribution in [0.5, 0.6) is 0 Å². The van der Waals surface area contributed by atoms with Gasteiger partial charge in [-0.1, -0.05) is 0 Å². The molecule has 1 N–H and O–H groups in total. The topological polar surface area (TPSA) is 87.2 Å². The van der Waals surface area contributed by atoms with E-state index < -0.39 is 22.2 Å². The third-order valence-electron chi connectivity index (χ3n) is 4.20. The van der Waals surface area contributed by atoms with E-state index in [9.17, 15) is 18.3 Å². The van der Waals surface area contributed by atoms with Crippen molar-refractivity contribution in [2.75, 3.05) is 20.2 Å². The Hall–Kier alpha value is -0.700. The van der Waals surface area contributed by atoms with Crippen LogP contribution < -0.4 is 0 Å². The summed E-state index contributed by atoms with van der Waals surface area (Å²) < 4.78 is 33.1. The second kappa shape index (κ2) is 5.97. The van der Waals surface area contributed by atoms with Gasteiger partial charge in [0.15, 0.2) is 0 Å². The van der Waals surface area contributed by atoms with Gasteiger partial charge in [-0.15, -0.1) is 0 Å². The van der Waals surface area contributed by atoms with Crippen LogP contribution in [-0.2, 0) is 19.7 Å². The zero-order valence-electron chi connectivity index (χ0n) is 11.9. The molecule has 20 heavy (non-hydrogen) atoms. The van der Waals surface area contributed by atoms with Crippen LogP contribution in [0.4, 0.5) is 0 Å². The van der Waals surface area contributed by atoms with E-state index in [2.05, 4.69) is 0 Å². The van der Waals surface area contributed by atoms with E-state index in [0.29, 0.717) is 25.9 Å². The van der Waals surface area contributed by atoms with Gasteiger partial charge in [0.25, 0.3) is 10.2 Å². The van der Waals surface area contributed by atoms with Gasteiger partial charge in [-0.25, -0.2) is 0 Å². The van der Waals surface area contributed by atoms with E-state index in [1.54, 1.807) is 0 Å². The molecule has 2 aliphatic heterocycles. The maximum absolute atomic E-state index is 12.7. The largest absolute Gasteiger partial charge is 0.480 e. The molecule has 2 rings (SSSR count). The van der Waals surface area contributed by atoms with Gasteiger partial charge in [0.1, 0.15) is 6.04 Å². The first-order valence-electron chi connectivity index (χ1n) is 6.95. The average molecular weight is 306 g/mol. The summed E-state index contributed by atoms with van der Waals surface area (Å²) in [5, 5.41) is 9.22. The van der Waals surface area contributed by atoms with E-state index in [1.165, 1.54) is 11.4 Å². The molecule has 0 aromatic carbocycles. The Labute approximate surface area is 119 Å². The molecule has 0 bridgehead atoms. The minimum atomic E-state index is -3.77. The van der Waals surface area contributed by atoms with E-state index in [-0.39, 0.29) is 18.7 Å². The Morgan fingerprint density at radius 1 is 1.35 bits per heavy atom. The smallest absolute Gasteiger partial charge is 0.322 e. The minimum absolute atomic E-state index is 0.164. The van der Waals surface area contributed by atoms with Crippen molar-refractivity contribution < 1.29 is 23.1 Å². The van der Waals surface area contributed by atoms with E-state index in [0.717, 1.165) is 10.7 Å². The number of hydrogen-bond acceptors (Lipinski definition) is 4. The second-order valence-corrected chi connectivity index (χ2v) is 7.36. The molecule has 3 atom stereocenters. The fourth-order valence-corrected chi connectivity index (χ4v) is 4.79. The van der Waals surface area contributed by atoms with Crippen LogP contribution in [0.15, 0.2) is 0 Å². The quantitative estimate of drug-likeness (QED) is 0.806. The molecule has 0 spiro atoms. The number of carboxylic acid groups (broad SMARTS) is 1. The Balaban J connectivity index is 2.21. The van der Waals surface area contributed by atoms with Gasteiger partial charge in [0.2, 0.25) is 0 Å². The molecule has 2 aliphatic rings. The lowest BCUT2D eigenvalue weighted by molar-refractivity contribution is -0.142. The number of hydrogen-bond donors (Lipinski definition) is 1. The van der Waals surface area contributed by atoms with Crippen LogP contribution in [-0.4, -0.2) is 66.5 Å². The van der Waals surface area contributed by atoms with Crippen molar-refractivity contribution in [3.05, 3.63) is 0 Å². The molecule has 0 aromatic rings. The van der Waals surface area contributed by atoms with E-state index in [1.807, 2.05) is 6.92 Å². The summed E-state index contributed by atoms with van der Waals surface area (Å²) in [6.07, 6.45) is 2.30. The van der Waals surface area contributed by atoms with Crippen molar-refractivity contribution in [1.82, 2.24) is 8.61 Å². The van der Waals surface area contributed by atoms with E-state index >= 15 is 0 Å². The summed E-state index contributed by atoms with van der Waals surface area (Å²) in [6, 6.07) is -1.18.